The van der Waals surface area contributed by atoms with E-state index in [-0.39, 0.29) is 5.91 Å². The van der Waals surface area contributed by atoms with Crippen molar-refractivity contribution in [1.29, 1.82) is 0 Å². The molecule has 0 unspecified atom stereocenters. The third kappa shape index (κ3) is 3.63. The molecule has 1 amide bonds. The summed E-state index contributed by atoms with van der Waals surface area (Å²) in [7, 11) is 0. The smallest absolute Gasteiger partial charge is 0.255 e. The third-order valence-electron chi connectivity index (χ3n) is 5.40. The highest BCUT2D eigenvalue weighted by atomic mass is 16.5. The van der Waals surface area contributed by atoms with Crippen molar-refractivity contribution >= 4 is 11.6 Å². The van der Waals surface area contributed by atoms with Crippen molar-refractivity contribution in [2.24, 2.45) is 0 Å². The van der Waals surface area contributed by atoms with Crippen LogP contribution < -0.4 is 5.32 Å². The number of aryl methyl sites for hydroxylation is 1. The van der Waals surface area contributed by atoms with Gasteiger partial charge in [0.15, 0.2) is 0 Å². The second-order valence-corrected chi connectivity index (χ2v) is 7.22. The van der Waals surface area contributed by atoms with E-state index in [0.717, 1.165) is 41.1 Å². The molecular formula is C22H23N3O2. The van der Waals surface area contributed by atoms with Crippen LogP contribution in [0.5, 0.6) is 0 Å². The molecule has 1 heterocycles. The van der Waals surface area contributed by atoms with E-state index in [9.17, 15) is 4.79 Å². The minimum atomic E-state index is -0.130. The molecule has 0 aliphatic heterocycles. The summed E-state index contributed by atoms with van der Waals surface area (Å²) in [5.74, 6) is 1.58. The Labute approximate surface area is 158 Å². The first-order chi connectivity index (χ1) is 13.1. The van der Waals surface area contributed by atoms with Gasteiger partial charge in [0.05, 0.1) is 0 Å². The predicted molar refractivity (Wildman–Crippen MR) is 105 cm³/mol. The molecule has 5 heteroatoms. The summed E-state index contributed by atoms with van der Waals surface area (Å²) in [4.78, 5) is 17.1. The zero-order valence-electron chi connectivity index (χ0n) is 15.7. The van der Waals surface area contributed by atoms with E-state index in [1.165, 1.54) is 12.8 Å². The minimum absolute atomic E-state index is 0.130. The first-order valence-corrected chi connectivity index (χ1v) is 9.43. The van der Waals surface area contributed by atoms with Crippen LogP contribution in [0.25, 0.3) is 11.4 Å². The molecule has 0 atom stereocenters. The first kappa shape index (κ1) is 17.5. The first-order valence-electron chi connectivity index (χ1n) is 9.43. The average molecular weight is 361 g/mol. The van der Waals surface area contributed by atoms with Crippen molar-refractivity contribution < 1.29 is 9.32 Å². The number of carbonyl (C=O) groups is 1. The van der Waals surface area contributed by atoms with Crippen molar-refractivity contribution in [2.45, 2.75) is 45.4 Å². The van der Waals surface area contributed by atoms with Gasteiger partial charge in [-0.15, -0.1) is 0 Å². The molecule has 1 aliphatic rings. The maximum absolute atomic E-state index is 12.5. The number of hydrogen-bond acceptors (Lipinski definition) is 4. The number of benzene rings is 2. The summed E-state index contributed by atoms with van der Waals surface area (Å²) >= 11 is 0. The lowest BCUT2D eigenvalue weighted by Crippen LogP contribution is -2.13. The van der Waals surface area contributed by atoms with E-state index in [1.54, 1.807) is 12.1 Å². The number of anilines is 1. The second kappa shape index (κ2) is 7.35. The second-order valence-electron chi connectivity index (χ2n) is 7.22. The van der Waals surface area contributed by atoms with Crippen LogP contribution in [0, 0.1) is 13.8 Å². The van der Waals surface area contributed by atoms with Gasteiger partial charge < -0.3 is 9.84 Å². The van der Waals surface area contributed by atoms with Crippen LogP contribution in [-0.2, 0) is 0 Å². The van der Waals surface area contributed by atoms with Crippen LogP contribution in [0.3, 0.4) is 0 Å². The number of hydrogen-bond donors (Lipinski definition) is 1. The molecule has 27 heavy (non-hydrogen) atoms. The molecule has 4 rings (SSSR count). The fraction of sp³-hybridized carbons (Fsp3) is 0.318. The Bertz CT molecular complexity index is 954. The molecule has 0 spiro atoms. The molecule has 3 aromatic rings. The largest absolute Gasteiger partial charge is 0.339 e. The molecule has 1 N–H and O–H groups in total. The molecular weight excluding hydrogens is 338 g/mol. The monoisotopic (exact) mass is 361 g/mol. The van der Waals surface area contributed by atoms with Crippen molar-refractivity contribution in [1.82, 2.24) is 10.1 Å². The third-order valence-corrected chi connectivity index (χ3v) is 5.40. The number of amides is 1. The molecule has 1 saturated carbocycles. The quantitative estimate of drug-likeness (QED) is 0.688. The van der Waals surface area contributed by atoms with Crippen molar-refractivity contribution in [3.8, 4) is 11.4 Å². The Morgan fingerprint density at radius 1 is 1.07 bits per heavy atom. The molecule has 0 saturated heterocycles. The zero-order valence-corrected chi connectivity index (χ0v) is 15.7. The molecule has 0 radical (unpaired) electrons. The lowest BCUT2D eigenvalue weighted by Gasteiger charge is -2.10. The van der Waals surface area contributed by atoms with Crippen LogP contribution in [0.15, 0.2) is 47.0 Å². The van der Waals surface area contributed by atoms with Crippen molar-refractivity contribution in [3.05, 3.63) is 65.0 Å². The molecule has 5 nitrogen and oxygen atoms in total. The highest BCUT2D eigenvalue weighted by molar-refractivity contribution is 6.04. The maximum atomic E-state index is 12.5. The normalized spacial score (nSPS) is 14.4. The fourth-order valence-electron chi connectivity index (χ4n) is 3.54. The van der Waals surface area contributed by atoms with E-state index in [2.05, 4.69) is 15.5 Å². The molecule has 1 aliphatic carbocycles. The van der Waals surface area contributed by atoms with Gasteiger partial charge in [0.25, 0.3) is 5.91 Å². The fourth-order valence-corrected chi connectivity index (χ4v) is 3.54. The lowest BCUT2D eigenvalue weighted by atomic mass is 10.1. The number of carbonyl (C=O) groups excluding carboxylic acids is 1. The molecule has 0 bridgehead atoms. The Morgan fingerprint density at radius 2 is 1.81 bits per heavy atom. The van der Waals surface area contributed by atoms with Crippen LogP contribution in [0.4, 0.5) is 5.69 Å². The van der Waals surface area contributed by atoms with E-state index in [1.807, 2.05) is 44.2 Å². The zero-order chi connectivity index (χ0) is 18.8. The summed E-state index contributed by atoms with van der Waals surface area (Å²) < 4.78 is 5.44. The maximum Gasteiger partial charge on any atom is 0.255 e. The summed E-state index contributed by atoms with van der Waals surface area (Å²) in [6, 6.07) is 13.2. The van der Waals surface area contributed by atoms with Gasteiger partial charge in [-0.1, -0.05) is 42.3 Å². The summed E-state index contributed by atoms with van der Waals surface area (Å²) in [5, 5.41) is 7.09. The van der Waals surface area contributed by atoms with Gasteiger partial charge in [-0.05, 0) is 56.0 Å². The molecule has 2 aromatic carbocycles. The Hall–Kier alpha value is -2.95. The van der Waals surface area contributed by atoms with Crippen LogP contribution in [0.2, 0.25) is 0 Å². The van der Waals surface area contributed by atoms with Crippen molar-refractivity contribution in [2.75, 3.05) is 5.32 Å². The summed E-state index contributed by atoms with van der Waals surface area (Å²) in [5.41, 5.74) is 4.51. The minimum Gasteiger partial charge on any atom is -0.339 e. The van der Waals surface area contributed by atoms with E-state index in [4.69, 9.17) is 4.52 Å². The van der Waals surface area contributed by atoms with Gasteiger partial charge >= 0.3 is 0 Å². The Morgan fingerprint density at radius 3 is 2.56 bits per heavy atom. The number of nitrogens with zero attached hydrogens (tertiary/aromatic N) is 2. The summed E-state index contributed by atoms with van der Waals surface area (Å²) in [6.45, 7) is 4.04. The Kier molecular flexibility index (Phi) is 4.75. The van der Waals surface area contributed by atoms with E-state index < -0.39 is 0 Å². The standard InChI is InChI=1S/C22H23N3O2/c1-14-6-5-9-19(15(14)2)23-21(26)17-12-10-16(11-13-17)20-24-22(27-25-20)18-7-3-4-8-18/h5-6,9-13,18H,3-4,7-8H2,1-2H3,(H,23,26). The summed E-state index contributed by atoms with van der Waals surface area (Å²) in [6.07, 6.45) is 4.71. The van der Waals surface area contributed by atoms with Gasteiger partial charge in [0.2, 0.25) is 11.7 Å². The molecule has 1 fully saturated rings. The van der Waals surface area contributed by atoms with E-state index >= 15 is 0 Å². The predicted octanol–water partition coefficient (Wildman–Crippen LogP) is 5.26. The van der Waals surface area contributed by atoms with Gasteiger partial charge in [-0.3, -0.25) is 4.79 Å². The molecule has 138 valence electrons. The van der Waals surface area contributed by atoms with E-state index in [0.29, 0.717) is 17.3 Å². The van der Waals surface area contributed by atoms with Gasteiger partial charge in [0, 0.05) is 22.7 Å². The van der Waals surface area contributed by atoms with Gasteiger partial charge in [-0.2, -0.15) is 4.98 Å². The van der Waals surface area contributed by atoms with Crippen molar-refractivity contribution in [3.63, 3.8) is 0 Å². The van der Waals surface area contributed by atoms with Crippen LogP contribution in [-0.4, -0.2) is 16.0 Å². The number of nitrogens with one attached hydrogen (secondary N) is 1. The van der Waals surface area contributed by atoms with Crippen LogP contribution >= 0.6 is 0 Å². The average Bonchev–Trinajstić information content (AvgIpc) is 3.37. The number of rotatable bonds is 4. The molecule has 1 aromatic heterocycles. The Balaban J connectivity index is 1.48. The van der Waals surface area contributed by atoms with Gasteiger partial charge in [0.1, 0.15) is 0 Å². The van der Waals surface area contributed by atoms with Gasteiger partial charge in [-0.25, -0.2) is 0 Å². The highest BCUT2D eigenvalue weighted by Crippen LogP contribution is 2.33. The number of aromatic nitrogens is 2. The SMILES string of the molecule is Cc1cccc(NC(=O)c2ccc(-c3noc(C4CCCC4)n3)cc2)c1C. The lowest BCUT2D eigenvalue weighted by molar-refractivity contribution is 0.102. The topological polar surface area (TPSA) is 68.0 Å². The highest BCUT2D eigenvalue weighted by Gasteiger charge is 2.23. The van der Waals surface area contributed by atoms with Crippen LogP contribution in [0.1, 0.15) is 59.0 Å².